The molecule has 1 aromatic rings. The zero-order valence-electron chi connectivity index (χ0n) is 12.9. The Bertz CT molecular complexity index is 448. The van der Waals surface area contributed by atoms with E-state index in [-0.39, 0.29) is 0 Å². The number of benzene rings is 1. The average molecular weight is 296 g/mol. The molecule has 0 spiro atoms. The molecule has 5 heteroatoms. The van der Waals surface area contributed by atoms with E-state index in [2.05, 4.69) is 13.8 Å². The first-order valence-corrected chi connectivity index (χ1v) is 6.87. The van der Waals surface area contributed by atoms with Gasteiger partial charge in [0.05, 0.1) is 5.92 Å². The van der Waals surface area contributed by atoms with Gasteiger partial charge in [-0.25, -0.2) is 4.79 Å². The van der Waals surface area contributed by atoms with Crippen LogP contribution in [0.5, 0.6) is 0 Å². The van der Waals surface area contributed by atoms with Crippen molar-refractivity contribution in [3.63, 3.8) is 0 Å². The Hall–Kier alpha value is -1.88. The third kappa shape index (κ3) is 8.09. The minimum absolute atomic E-state index is 0.418. The highest BCUT2D eigenvalue weighted by Crippen LogP contribution is 2.17. The van der Waals surface area contributed by atoms with E-state index in [4.69, 9.17) is 15.3 Å². The second-order valence-electron chi connectivity index (χ2n) is 5.41. The summed E-state index contributed by atoms with van der Waals surface area (Å²) in [4.78, 5) is 20.2. The van der Waals surface area contributed by atoms with Crippen molar-refractivity contribution in [3.05, 3.63) is 35.4 Å². The fourth-order valence-electron chi connectivity index (χ4n) is 1.56. The lowest BCUT2D eigenvalue weighted by Crippen LogP contribution is -2.13. The molecule has 0 saturated carbocycles. The lowest BCUT2D eigenvalue weighted by molar-refractivity contribution is -0.145. The molecule has 0 radical (unpaired) electrons. The van der Waals surface area contributed by atoms with Crippen molar-refractivity contribution in [2.24, 2.45) is 5.92 Å². The Morgan fingerprint density at radius 1 is 0.952 bits per heavy atom. The lowest BCUT2D eigenvalue weighted by Gasteiger charge is -2.09. The number of carbonyl (C=O) groups is 2. The molecule has 1 aromatic carbocycles. The molecular formula is C16H24O5. The largest absolute Gasteiger partial charge is 0.481 e. The molecule has 3 N–H and O–H groups in total. The van der Waals surface area contributed by atoms with Gasteiger partial charge in [0.2, 0.25) is 0 Å². The maximum atomic E-state index is 10.8. The molecule has 5 nitrogen and oxygen atoms in total. The van der Waals surface area contributed by atoms with Crippen LogP contribution in [0, 0.1) is 5.92 Å². The average Bonchev–Trinajstić information content (AvgIpc) is 2.38. The van der Waals surface area contributed by atoms with Gasteiger partial charge >= 0.3 is 11.9 Å². The van der Waals surface area contributed by atoms with E-state index in [1.807, 2.05) is 24.3 Å². The van der Waals surface area contributed by atoms with Crippen molar-refractivity contribution < 1.29 is 24.9 Å². The van der Waals surface area contributed by atoms with Crippen molar-refractivity contribution in [3.8, 4) is 0 Å². The van der Waals surface area contributed by atoms with E-state index in [0.29, 0.717) is 5.92 Å². The van der Waals surface area contributed by atoms with Crippen LogP contribution in [0.4, 0.5) is 0 Å². The van der Waals surface area contributed by atoms with Crippen LogP contribution in [0.2, 0.25) is 0 Å². The van der Waals surface area contributed by atoms with E-state index in [9.17, 15) is 9.59 Å². The number of hydrogen-bond acceptors (Lipinski definition) is 3. The zero-order valence-corrected chi connectivity index (χ0v) is 12.9. The van der Waals surface area contributed by atoms with Gasteiger partial charge in [-0.3, -0.25) is 4.79 Å². The van der Waals surface area contributed by atoms with Crippen molar-refractivity contribution >= 4 is 11.9 Å². The smallest absolute Gasteiger partial charge is 0.332 e. The lowest BCUT2D eigenvalue weighted by atomic mass is 9.97. The summed E-state index contributed by atoms with van der Waals surface area (Å²) >= 11 is 0. The maximum Gasteiger partial charge on any atom is 0.332 e. The number of aliphatic carboxylic acids is 2. The maximum absolute atomic E-state index is 10.8. The van der Waals surface area contributed by atoms with Crippen LogP contribution in [0.15, 0.2) is 24.3 Å². The molecule has 0 aliphatic rings. The highest BCUT2D eigenvalue weighted by Gasteiger charge is 2.12. The quantitative estimate of drug-likeness (QED) is 0.776. The summed E-state index contributed by atoms with van der Waals surface area (Å²) in [6.45, 7) is 7.25. The zero-order chi connectivity index (χ0) is 16.6. The molecule has 0 aliphatic heterocycles. The molecule has 1 rings (SSSR count). The predicted molar refractivity (Wildman–Crippen MR) is 80.4 cm³/mol. The second-order valence-corrected chi connectivity index (χ2v) is 5.41. The Morgan fingerprint density at radius 3 is 1.67 bits per heavy atom. The molecule has 0 heterocycles. The van der Waals surface area contributed by atoms with Crippen molar-refractivity contribution in [1.82, 2.24) is 0 Å². The fourth-order valence-corrected chi connectivity index (χ4v) is 1.56. The van der Waals surface area contributed by atoms with Crippen LogP contribution >= 0.6 is 0 Å². The van der Waals surface area contributed by atoms with Gasteiger partial charge in [0.25, 0.3) is 0 Å². The normalized spacial score (nSPS) is 13.0. The topological polar surface area (TPSA) is 94.8 Å². The van der Waals surface area contributed by atoms with E-state index in [1.165, 1.54) is 12.5 Å². The minimum atomic E-state index is -1.23. The van der Waals surface area contributed by atoms with Gasteiger partial charge in [-0.15, -0.1) is 0 Å². The summed E-state index contributed by atoms with van der Waals surface area (Å²) in [6, 6.07) is 7.87. The van der Waals surface area contributed by atoms with Crippen LogP contribution in [-0.2, 0) is 16.0 Å². The third-order valence-electron chi connectivity index (χ3n) is 2.85. The SMILES string of the molecule is CC(C)Cc1ccc([C@H](C)C(=O)O)cc1.C[C@H](O)C(=O)O. The molecule has 0 bridgehead atoms. The van der Waals surface area contributed by atoms with Crippen LogP contribution in [0.25, 0.3) is 0 Å². The Balaban J connectivity index is 0.000000567. The molecular weight excluding hydrogens is 272 g/mol. The summed E-state index contributed by atoms with van der Waals surface area (Å²) in [5.74, 6) is -1.74. The van der Waals surface area contributed by atoms with Gasteiger partial charge < -0.3 is 15.3 Å². The van der Waals surface area contributed by atoms with Gasteiger partial charge in [0.1, 0.15) is 6.10 Å². The first-order chi connectivity index (χ1) is 9.65. The molecule has 118 valence electrons. The Labute approximate surface area is 125 Å². The molecule has 0 saturated heterocycles. The summed E-state index contributed by atoms with van der Waals surface area (Å²) in [7, 11) is 0. The van der Waals surface area contributed by atoms with Gasteiger partial charge in [0, 0.05) is 0 Å². The third-order valence-corrected chi connectivity index (χ3v) is 2.85. The van der Waals surface area contributed by atoms with E-state index in [0.717, 1.165) is 12.0 Å². The van der Waals surface area contributed by atoms with Crippen LogP contribution < -0.4 is 0 Å². The molecule has 0 amide bonds. The molecule has 0 unspecified atom stereocenters. The first kappa shape index (κ1) is 19.1. The molecule has 2 atom stereocenters. The van der Waals surface area contributed by atoms with Crippen LogP contribution in [0.3, 0.4) is 0 Å². The second kappa shape index (κ2) is 9.13. The van der Waals surface area contributed by atoms with Crippen LogP contribution in [-0.4, -0.2) is 33.4 Å². The highest BCUT2D eigenvalue weighted by atomic mass is 16.4. The van der Waals surface area contributed by atoms with Crippen molar-refractivity contribution in [2.75, 3.05) is 0 Å². The number of carboxylic acid groups (broad SMARTS) is 2. The Kier molecular flexibility index (Phi) is 8.31. The van der Waals surface area contributed by atoms with E-state index < -0.39 is 24.0 Å². The summed E-state index contributed by atoms with van der Waals surface area (Å²) in [5.41, 5.74) is 2.14. The molecule has 0 aromatic heterocycles. The predicted octanol–water partition coefficient (Wildman–Crippen LogP) is 2.53. The van der Waals surface area contributed by atoms with Crippen LogP contribution in [0.1, 0.15) is 44.7 Å². The van der Waals surface area contributed by atoms with E-state index >= 15 is 0 Å². The number of aliphatic hydroxyl groups excluding tert-OH is 1. The van der Waals surface area contributed by atoms with Crippen molar-refractivity contribution in [2.45, 2.75) is 46.1 Å². The van der Waals surface area contributed by atoms with Gasteiger partial charge in [0.15, 0.2) is 0 Å². The highest BCUT2D eigenvalue weighted by molar-refractivity contribution is 5.75. The minimum Gasteiger partial charge on any atom is -0.481 e. The summed E-state index contributed by atoms with van der Waals surface area (Å²) in [5, 5.41) is 24.6. The van der Waals surface area contributed by atoms with Gasteiger partial charge in [-0.1, -0.05) is 38.1 Å². The number of hydrogen-bond donors (Lipinski definition) is 3. The Morgan fingerprint density at radius 2 is 1.38 bits per heavy atom. The number of carboxylic acids is 2. The van der Waals surface area contributed by atoms with Crippen molar-refractivity contribution in [1.29, 1.82) is 0 Å². The standard InChI is InChI=1S/C13H18O2.C3H6O3/c1-9(2)8-11-4-6-12(7-5-11)10(3)13(14)15;1-2(4)3(5)6/h4-7,9-10H,8H2,1-3H3,(H,14,15);2,4H,1H3,(H,5,6)/t10-;2-/m00/s1. The molecule has 21 heavy (non-hydrogen) atoms. The molecule has 0 aliphatic carbocycles. The van der Waals surface area contributed by atoms with Gasteiger partial charge in [-0.2, -0.15) is 0 Å². The first-order valence-electron chi connectivity index (χ1n) is 6.87. The monoisotopic (exact) mass is 296 g/mol. The number of rotatable bonds is 5. The summed E-state index contributed by atoms with van der Waals surface area (Å²) in [6.07, 6.45) is -0.188. The van der Waals surface area contributed by atoms with Gasteiger partial charge in [-0.05, 0) is 37.3 Å². The number of aliphatic hydroxyl groups is 1. The summed E-state index contributed by atoms with van der Waals surface area (Å²) < 4.78 is 0. The van der Waals surface area contributed by atoms with E-state index in [1.54, 1.807) is 6.92 Å². The fraction of sp³-hybridized carbons (Fsp3) is 0.500. The molecule has 0 fully saturated rings.